The fourth-order valence-corrected chi connectivity index (χ4v) is 3.05. The summed E-state index contributed by atoms with van der Waals surface area (Å²) in [5.41, 5.74) is 1.05. The van der Waals surface area contributed by atoms with Gasteiger partial charge in [0.05, 0.1) is 0 Å². The molecule has 146 valence electrons. The molecule has 0 spiro atoms. The molecular formula is C20H14ClFN4O3. The first-order valence-corrected chi connectivity index (χ1v) is 9.05. The van der Waals surface area contributed by atoms with Gasteiger partial charge in [0, 0.05) is 29.2 Å². The Morgan fingerprint density at radius 1 is 1.21 bits per heavy atom. The molecule has 2 aromatic heterocycles. The third-order valence-electron chi connectivity index (χ3n) is 4.27. The molecule has 0 unspecified atom stereocenters. The maximum Gasteiger partial charge on any atom is 0.266 e. The third-order valence-corrected chi connectivity index (χ3v) is 4.50. The topological polar surface area (TPSA) is 90.0 Å². The summed E-state index contributed by atoms with van der Waals surface area (Å²) in [6.45, 7) is 0.113. The highest BCUT2D eigenvalue weighted by molar-refractivity contribution is 6.30. The van der Waals surface area contributed by atoms with Crippen LogP contribution < -0.4 is 10.9 Å². The smallest absolute Gasteiger partial charge is 0.266 e. The molecule has 0 aliphatic heterocycles. The predicted octanol–water partition coefficient (Wildman–Crippen LogP) is 3.87. The number of rotatable bonds is 5. The van der Waals surface area contributed by atoms with E-state index in [1.54, 1.807) is 24.3 Å². The number of nitrogens with one attached hydrogen (secondary N) is 1. The second kappa shape index (κ2) is 7.84. The Labute approximate surface area is 168 Å². The Hall–Kier alpha value is -3.52. The van der Waals surface area contributed by atoms with E-state index in [1.807, 2.05) is 0 Å². The minimum atomic E-state index is -0.400. The quantitative estimate of drug-likeness (QED) is 0.537. The van der Waals surface area contributed by atoms with Crippen molar-refractivity contribution in [2.45, 2.75) is 13.0 Å². The van der Waals surface area contributed by atoms with Crippen LogP contribution in [-0.2, 0) is 11.3 Å². The van der Waals surface area contributed by atoms with Crippen molar-refractivity contribution in [1.82, 2.24) is 14.7 Å². The van der Waals surface area contributed by atoms with E-state index >= 15 is 0 Å². The molecule has 0 aliphatic carbocycles. The molecule has 0 radical (unpaired) electrons. The maximum absolute atomic E-state index is 13.2. The van der Waals surface area contributed by atoms with E-state index in [0.717, 1.165) is 0 Å². The second-order valence-electron chi connectivity index (χ2n) is 6.27. The van der Waals surface area contributed by atoms with Gasteiger partial charge in [-0.2, -0.15) is 0 Å². The van der Waals surface area contributed by atoms with Crippen molar-refractivity contribution in [2.75, 3.05) is 5.32 Å². The van der Waals surface area contributed by atoms with Crippen LogP contribution in [0.1, 0.15) is 6.42 Å². The summed E-state index contributed by atoms with van der Waals surface area (Å²) in [6, 6.07) is 12.3. The summed E-state index contributed by atoms with van der Waals surface area (Å²) in [5, 5.41) is 7.30. The first kappa shape index (κ1) is 18.8. The summed E-state index contributed by atoms with van der Waals surface area (Å²) in [5.74, 6) is -0.675. The van der Waals surface area contributed by atoms with E-state index in [-0.39, 0.29) is 35.7 Å². The number of nitrogens with zero attached hydrogens (tertiary/aromatic N) is 3. The van der Waals surface area contributed by atoms with Gasteiger partial charge in [-0.3, -0.25) is 14.2 Å². The van der Waals surface area contributed by atoms with Gasteiger partial charge in [0.25, 0.3) is 11.3 Å². The van der Waals surface area contributed by atoms with Crippen molar-refractivity contribution in [3.63, 3.8) is 0 Å². The van der Waals surface area contributed by atoms with Gasteiger partial charge in [-0.25, -0.2) is 9.37 Å². The number of aromatic nitrogens is 3. The number of amides is 1. The molecule has 0 aliphatic rings. The Morgan fingerprint density at radius 3 is 2.76 bits per heavy atom. The van der Waals surface area contributed by atoms with Crippen molar-refractivity contribution < 1.29 is 13.7 Å². The third kappa shape index (κ3) is 4.02. The summed E-state index contributed by atoms with van der Waals surface area (Å²) in [6.07, 6.45) is 1.35. The van der Waals surface area contributed by atoms with Crippen molar-refractivity contribution in [1.29, 1.82) is 0 Å². The largest absolute Gasteiger partial charge is 0.335 e. The molecule has 0 saturated carbocycles. The van der Waals surface area contributed by atoms with Crippen molar-refractivity contribution in [3.05, 3.63) is 76.1 Å². The van der Waals surface area contributed by atoms with Crippen LogP contribution in [0.25, 0.3) is 22.4 Å². The zero-order valence-corrected chi connectivity index (χ0v) is 15.7. The highest BCUT2D eigenvalue weighted by atomic mass is 35.5. The van der Waals surface area contributed by atoms with Crippen LogP contribution in [0.4, 0.5) is 10.1 Å². The Bertz CT molecular complexity index is 1250. The highest BCUT2D eigenvalue weighted by Crippen LogP contribution is 2.24. The minimum Gasteiger partial charge on any atom is -0.335 e. The van der Waals surface area contributed by atoms with Crippen molar-refractivity contribution in [2.24, 2.45) is 0 Å². The van der Waals surface area contributed by atoms with E-state index in [9.17, 15) is 14.0 Å². The minimum absolute atomic E-state index is 0.0523. The molecule has 29 heavy (non-hydrogen) atoms. The van der Waals surface area contributed by atoms with Gasteiger partial charge in [-0.1, -0.05) is 22.8 Å². The summed E-state index contributed by atoms with van der Waals surface area (Å²) in [4.78, 5) is 29.1. The first-order valence-electron chi connectivity index (χ1n) is 8.67. The van der Waals surface area contributed by atoms with Crippen LogP contribution in [-0.4, -0.2) is 20.6 Å². The van der Waals surface area contributed by atoms with Gasteiger partial charge in [0.15, 0.2) is 0 Å². The summed E-state index contributed by atoms with van der Waals surface area (Å²) < 4.78 is 19.6. The van der Waals surface area contributed by atoms with Gasteiger partial charge < -0.3 is 9.84 Å². The Morgan fingerprint density at radius 2 is 2.00 bits per heavy atom. The molecule has 1 N–H and O–H groups in total. The predicted molar refractivity (Wildman–Crippen MR) is 106 cm³/mol. The van der Waals surface area contributed by atoms with Crippen LogP contribution in [0.3, 0.4) is 0 Å². The molecule has 0 fully saturated rings. The Kier molecular flexibility index (Phi) is 5.09. The fourth-order valence-electron chi connectivity index (χ4n) is 2.86. The lowest BCUT2D eigenvalue weighted by Crippen LogP contribution is -2.23. The SMILES string of the molecule is O=C(CCn1cnc2onc(-c3ccc(F)cc3)c2c1=O)Nc1cccc(Cl)c1. The molecule has 0 saturated heterocycles. The van der Waals surface area contributed by atoms with E-state index in [2.05, 4.69) is 15.5 Å². The molecule has 0 atom stereocenters. The standard InChI is InChI=1S/C20H14ClFN4O3/c21-13-2-1-3-15(10-13)24-16(27)8-9-26-11-23-19-17(20(26)28)18(25-29-19)12-4-6-14(22)7-5-12/h1-7,10-11H,8-9H2,(H,24,27). The average Bonchev–Trinajstić information content (AvgIpc) is 3.13. The zero-order valence-electron chi connectivity index (χ0n) is 14.9. The number of anilines is 1. The number of aryl methyl sites for hydroxylation is 1. The van der Waals surface area contributed by atoms with Crippen molar-refractivity contribution in [3.8, 4) is 11.3 Å². The lowest BCUT2D eigenvalue weighted by Gasteiger charge is -2.07. The molecule has 4 rings (SSSR count). The van der Waals surface area contributed by atoms with E-state index in [1.165, 1.54) is 35.2 Å². The number of benzene rings is 2. The normalized spacial score (nSPS) is 11.0. The fraction of sp³-hybridized carbons (Fsp3) is 0.100. The van der Waals surface area contributed by atoms with Gasteiger partial charge in [-0.15, -0.1) is 0 Å². The molecule has 9 heteroatoms. The monoisotopic (exact) mass is 412 g/mol. The van der Waals surface area contributed by atoms with Gasteiger partial charge in [-0.05, 0) is 42.5 Å². The lowest BCUT2D eigenvalue weighted by atomic mass is 10.1. The van der Waals surface area contributed by atoms with Crippen LogP contribution in [0, 0.1) is 5.82 Å². The number of hydrogen-bond donors (Lipinski definition) is 1. The molecule has 7 nitrogen and oxygen atoms in total. The first-order chi connectivity index (χ1) is 14.0. The van der Waals surface area contributed by atoms with E-state index in [0.29, 0.717) is 16.3 Å². The van der Waals surface area contributed by atoms with Crippen molar-refractivity contribution >= 4 is 34.3 Å². The van der Waals surface area contributed by atoms with Crippen LogP contribution in [0.15, 0.2) is 64.2 Å². The lowest BCUT2D eigenvalue weighted by molar-refractivity contribution is -0.116. The molecule has 2 aromatic carbocycles. The van der Waals surface area contributed by atoms with Gasteiger partial charge in [0.1, 0.15) is 23.2 Å². The maximum atomic E-state index is 13.2. The second-order valence-corrected chi connectivity index (χ2v) is 6.71. The average molecular weight is 413 g/mol. The van der Waals surface area contributed by atoms with Gasteiger partial charge >= 0.3 is 0 Å². The van der Waals surface area contributed by atoms with Crippen LogP contribution in [0.5, 0.6) is 0 Å². The van der Waals surface area contributed by atoms with E-state index in [4.69, 9.17) is 16.1 Å². The number of fused-ring (bicyclic) bond motifs is 1. The van der Waals surface area contributed by atoms with Crippen LogP contribution in [0.2, 0.25) is 5.02 Å². The molecular weight excluding hydrogens is 399 g/mol. The highest BCUT2D eigenvalue weighted by Gasteiger charge is 2.17. The summed E-state index contributed by atoms with van der Waals surface area (Å²) in [7, 11) is 0. The number of halogens is 2. The number of carbonyl (C=O) groups is 1. The molecule has 1 amide bonds. The van der Waals surface area contributed by atoms with Crippen LogP contribution >= 0.6 is 11.6 Å². The number of carbonyl (C=O) groups excluding carboxylic acids is 1. The zero-order chi connectivity index (χ0) is 20.4. The molecule has 0 bridgehead atoms. The Balaban J connectivity index is 1.56. The summed E-state index contributed by atoms with van der Waals surface area (Å²) >= 11 is 5.90. The molecule has 4 aromatic rings. The van der Waals surface area contributed by atoms with E-state index < -0.39 is 11.4 Å². The van der Waals surface area contributed by atoms with Gasteiger partial charge in [0.2, 0.25) is 5.91 Å². The molecule has 2 heterocycles. The number of hydrogen-bond acceptors (Lipinski definition) is 5.